The molecule has 0 saturated carbocycles. The molecule has 1 saturated heterocycles. The number of ether oxygens (including phenoxy) is 3. The summed E-state index contributed by atoms with van der Waals surface area (Å²) in [5.41, 5.74) is 0.744. The lowest BCUT2D eigenvalue weighted by molar-refractivity contribution is -0.140. The van der Waals surface area contributed by atoms with Gasteiger partial charge in [-0.25, -0.2) is 0 Å². The number of methoxy groups -OCH3 is 1. The summed E-state index contributed by atoms with van der Waals surface area (Å²) in [4.78, 5) is 25.6. The first-order chi connectivity index (χ1) is 11.6. The van der Waals surface area contributed by atoms with E-state index in [0.29, 0.717) is 35.4 Å². The minimum atomic E-state index is -0.332. The maximum Gasteiger partial charge on any atom is 0.320 e. The van der Waals surface area contributed by atoms with Crippen LogP contribution in [0.3, 0.4) is 0 Å². The van der Waals surface area contributed by atoms with E-state index in [0.717, 1.165) is 5.56 Å². The molecule has 0 radical (unpaired) electrons. The van der Waals surface area contributed by atoms with Crippen molar-refractivity contribution in [3.63, 3.8) is 0 Å². The van der Waals surface area contributed by atoms with Crippen molar-refractivity contribution in [1.29, 1.82) is 0 Å². The molecule has 0 bridgehead atoms. The summed E-state index contributed by atoms with van der Waals surface area (Å²) in [6.07, 6.45) is 3.14. The van der Waals surface area contributed by atoms with Gasteiger partial charge in [-0.05, 0) is 23.8 Å². The van der Waals surface area contributed by atoms with Gasteiger partial charge in [-0.1, -0.05) is 11.6 Å². The summed E-state index contributed by atoms with van der Waals surface area (Å²) in [6, 6.07) is 3.48. The fraction of sp³-hybridized carbons (Fsp3) is 0.375. The number of halogens is 1. The van der Waals surface area contributed by atoms with Gasteiger partial charge < -0.3 is 19.1 Å². The molecule has 6 nitrogen and oxygen atoms in total. The van der Waals surface area contributed by atoms with Crippen LogP contribution in [-0.2, 0) is 14.3 Å². The lowest BCUT2D eigenvalue weighted by atomic mass is 10.2. The average Bonchev–Trinajstić information content (AvgIpc) is 3.08. The van der Waals surface area contributed by atoms with Crippen LogP contribution in [0.5, 0.6) is 11.5 Å². The lowest BCUT2D eigenvalue weighted by Gasteiger charge is -2.30. The van der Waals surface area contributed by atoms with Gasteiger partial charge in [0.15, 0.2) is 11.5 Å². The first-order valence-electron chi connectivity index (χ1n) is 7.34. The topological polar surface area (TPSA) is 65.1 Å². The molecule has 0 aliphatic carbocycles. The molecule has 0 N–H and O–H groups in total. The van der Waals surface area contributed by atoms with Crippen LogP contribution in [0.4, 0.5) is 0 Å². The zero-order valence-electron chi connectivity index (χ0n) is 13.0. The molecule has 0 spiro atoms. The van der Waals surface area contributed by atoms with Crippen LogP contribution in [0.15, 0.2) is 18.2 Å². The summed E-state index contributed by atoms with van der Waals surface area (Å²) in [7, 11) is 1.35. The molecule has 128 valence electrons. The van der Waals surface area contributed by atoms with Crippen molar-refractivity contribution >= 4 is 41.3 Å². The van der Waals surface area contributed by atoms with Crippen LogP contribution in [-0.4, -0.2) is 54.8 Å². The van der Waals surface area contributed by atoms with Crippen LogP contribution in [0.25, 0.3) is 6.08 Å². The van der Waals surface area contributed by atoms with E-state index in [1.807, 2.05) is 0 Å². The highest BCUT2D eigenvalue weighted by atomic mass is 35.5. The standard InChI is InChI=1S/C16H16ClNO5S/c1-21-16(20)13-8-18(4-5-24-13)14(19)3-2-10-6-11(17)15-12(7-10)22-9-23-15/h2-3,6-7,13H,4-5,8-9H2,1H3/b3-2+/t13-/m0/s1. The number of thioether (sulfide) groups is 1. The molecular formula is C16H16ClNO5S. The minimum Gasteiger partial charge on any atom is -0.468 e. The van der Waals surface area contributed by atoms with Crippen molar-refractivity contribution in [2.75, 3.05) is 32.7 Å². The van der Waals surface area contributed by atoms with Crippen molar-refractivity contribution in [1.82, 2.24) is 4.90 Å². The van der Waals surface area contributed by atoms with E-state index in [2.05, 4.69) is 0 Å². The molecule has 0 aromatic heterocycles. The highest BCUT2D eigenvalue weighted by molar-refractivity contribution is 8.00. The molecule has 1 aromatic rings. The maximum absolute atomic E-state index is 12.3. The van der Waals surface area contributed by atoms with Gasteiger partial charge in [0.05, 0.1) is 12.1 Å². The quantitative estimate of drug-likeness (QED) is 0.601. The molecule has 2 aliphatic heterocycles. The van der Waals surface area contributed by atoms with E-state index in [1.165, 1.54) is 24.9 Å². The van der Waals surface area contributed by atoms with Crippen molar-refractivity contribution in [2.24, 2.45) is 0 Å². The highest BCUT2D eigenvalue weighted by Crippen LogP contribution is 2.40. The lowest BCUT2D eigenvalue weighted by Crippen LogP contribution is -2.44. The molecule has 3 rings (SSSR count). The van der Waals surface area contributed by atoms with E-state index < -0.39 is 0 Å². The van der Waals surface area contributed by atoms with E-state index in [9.17, 15) is 9.59 Å². The Morgan fingerprint density at radius 3 is 3.04 bits per heavy atom. The monoisotopic (exact) mass is 369 g/mol. The Labute approximate surface area is 148 Å². The van der Waals surface area contributed by atoms with Crippen LogP contribution in [0.2, 0.25) is 5.02 Å². The maximum atomic E-state index is 12.3. The Morgan fingerprint density at radius 2 is 2.25 bits per heavy atom. The van der Waals surface area contributed by atoms with Gasteiger partial charge in [0, 0.05) is 24.9 Å². The van der Waals surface area contributed by atoms with Gasteiger partial charge in [0.2, 0.25) is 12.7 Å². The van der Waals surface area contributed by atoms with E-state index in [-0.39, 0.29) is 23.9 Å². The number of carbonyl (C=O) groups is 2. The third-order valence-corrected chi connectivity index (χ3v) is 5.15. The Kier molecular flexibility index (Phi) is 5.20. The second-order valence-corrected chi connectivity index (χ2v) is 6.95. The third kappa shape index (κ3) is 3.62. The average molecular weight is 370 g/mol. The normalized spacial score (nSPS) is 19.6. The Morgan fingerprint density at radius 1 is 1.42 bits per heavy atom. The Hall–Kier alpha value is -1.86. The van der Waals surface area contributed by atoms with E-state index in [1.54, 1.807) is 23.1 Å². The fourth-order valence-electron chi connectivity index (χ4n) is 2.48. The summed E-state index contributed by atoms with van der Waals surface area (Å²) in [6.45, 7) is 1.09. The van der Waals surface area contributed by atoms with Gasteiger partial charge in [-0.3, -0.25) is 9.59 Å². The number of nitrogens with zero attached hydrogens (tertiary/aromatic N) is 1. The molecule has 0 unspecified atom stereocenters. The third-order valence-electron chi connectivity index (χ3n) is 3.71. The molecule has 2 heterocycles. The minimum absolute atomic E-state index is 0.140. The highest BCUT2D eigenvalue weighted by Gasteiger charge is 2.28. The molecule has 1 atom stereocenters. The molecule has 1 fully saturated rings. The van der Waals surface area contributed by atoms with Crippen LogP contribution in [0, 0.1) is 0 Å². The van der Waals surface area contributed by atoms with Gasteiger partial charge in [0.1, 0.15) is 5.25 Å². The summed E-state index contributed by atoms with van der Waals surface area (Å²) >= 11 is 7.63. The van der Waals surface area contributed by atoms with Gasteiger partial charge >= 0.3 is 5.97 Å². The number of rotatable bonds is 3. The number of esters is 1. The van der Waals surface area contributed by atoms with Crippen molar-refractivity contribution < 1.29 is 23.8 Å². The van der Waals surface area contributed by atoms with E-state index >= 15 is 0 Å². The first kappa shape index (κ1) is 17.0. The van der Waals surface area contributed by atoms with Crippen LogP contribution >= 0.6 is 23.4 Å². The number of hydrogen-bond donors (Lipinski definition) is 0. The van der Waals surface area contributed by atoms with E-state index in [4.69, 9.17) is 25.8 Å². The summed E-state index contributed by atoms with van der Waals surface area (Å²) in [5, 5.41) is 0.110. The van der Waals surface area contributed by atoms with Crippen LogP contribution in [0.1, 0.15) is 5.56 Å². The molecule has 2 aliphatic rings. The number of hydrogen-bond acceptors (Lipinski definition) is 6. The zero-order valence-corrected chi connectivity index (χ0v) is 14.6. The van der Waals surface area contributed by atoms with Crippen molar-refractivity contribution in [2.45, 2.75) is 5.25 Å². The Bertz CT molecular complexity index is 693. The largest absolute Gasteiger partial charge is 0.468 e. The van der Waals surface area contributed by atoms with Crippen molar-refractivity contribution in [3.05, 3.63) is 28.8 Å². The summed E-state index contributed by atoms with van der Waals surface area (Å²) in [5.74, 6) is 1.33. The molecule has 24 heavy (non-hydrogen) atoms. The smallest absolute Gasteiger partial charge is 0.320 e. The van der Waals surface area contributed by atoms with Gasteiger partial charge in [-0.15, -0.1) is 11.8 Å². The van der Waals surface area contributed by atoms with Gasteiger partial charge in [-0.2, -0.15) is 0 Å². The second-order valence-electron chi connectivity index (χ2n) is 5.24. The molecular weight excluding hydrogens is 354 g/mol. The number of fused-ring (bicyclic) bond motifs is 1. The second kappa shape index (κ2) is 7.36. The van der Waals surface area contributed by atoms with Crippen molar-refractivity contribution in [3.8, 4) is 11.5 Å². The number of carbonyl (C=O) groups excluding carboxylic acids is 2. The van der Waals surface area contributed by atoms with Gasteiger partial charge in [0.25, 0.3) is 0 Å². The molecule has 8 heteroatoms. The zero-order chi connectivity index (χ0) is 17.1. The first-order valence-corrected chi connectivity index (χ1v) is 8.76. The molecule has 1 amide bonds. The summed E-state index contributed by atoms with van der Waals surface area (Å²) < 4.78 is 15.3. The fourth-order valence-corrected chi connectivity index (χ4v) is 3.88. The Balaban J connectivity index is 1.67. The number of amides is 1. The predicted octanol–water partition coefficient (Wildman–Crippen LogP) is 2.20. The SMILES string of the molecule is COC(=O)[C@@H]1CN(C(=O)/C=C/c2cc(Cl)c3c(c2)OCO3)CCS1. The number of benzene rings is 1. The molecule has 1 aromatic carbocycles. The van der Waals surface area contributed by atoms with Crippen LogP contribution < -0.4 is 9.47 Å². The predicted molar refractivity (Wildman–Crippen MR) is 91.5 cm³/mol.